The molecule has 0 fully saturated rings. The first kappa shape index (κ1) is 34.2. The Morgan fingerprint density at radius 2 is 1.02 bits per heavy atom. The molecule has 0 radical (unpaired) electrons. The number of sulfonamides is 2. The van der Waals surface area contributed by atoms with Crippen LogP contribution in [0.1, 0.15) is 62.8 Å². The molecule has 0 unspecified atom stereocenters. The van der Waals surface area contributed by atoms with E-state index in [2.05, 4.69) is 4.79 Å². The normalized spacial score (nSPS) is 12.0. The average molecular weight is 605 g/mol. The maximum absolute atomic E-state index is 13.0. The molecule has 0 atom stereocenters. The SMILES string of the molecule is CCN(CC)S(=O)(=O)c1cc(CCC(=O)C(=[N+]=[N-])C(=O)CCc2ccc(C)c(S(=O)(=O)N(CC)CC)c2)ccc1C. The molecule has 0 saturated heterocycles. The molecule has 0 bridgehead atoms. The van der Waals surface area contributed by atoms with E-state index in [0.717, 1.165) is 0 Å². The standard InChI is InChI=1S/C29H40N4O6S2/c1-7-32(8-2)40(36,37)27-19-23(13-11-21(27)5)15-17-25(34)29(31-30)26(35)18-16-24-14-12-22(6)28(20-24)41(38,39)33(9-3)10-4/h11-14,19-20H,7-10,15-18H2,1-6H3. The lowest BCUT2D eigenvalue weighted by Crippen LogP contribution is -2.31. The van der Waals surface area contributed by atoms with Crippen LogP contribution >= 0.6 is 0 Å². The zero-order valence-corrected chi connectivity index (χ0v) is 26.3. The Balaban J connectivity index is 2.14. The van der Waals surface area contributed by atoms with E-state index < -0.39 is 37.3 Å². The van der Waals surface area contributed by atoms with Crippen molar-refractivity contribution in [2.75, 3.05) is 26.2 Å². The van der Waals surface area contributed by atoms with Gasteiger partial charge in [0.15, 0.2) is 0 Å². The Kier molecular flexibility index (Phi) is 12.3. The van der Waals surface area contributed by atoms with Gasteiger partial charge in [-0.3, -0.25) is 9.59 Å². The molecule has 0 aliphatic carbocycles. The van der Waals surface area contributed by atoms with Crippen LogP contribution in [-0.4, -0.2) is 73.7 Å². The third-order valence-corrected chi connectivity index (χ3v) is 11.4. The summed E-state index contributed by atoms with van der Waals surface area (Å²) in [7, 11) is -7.39. The van der Waals surface area contributed by atoms with Gasteiger partial charge in [-0.25, -0.2) is 16.8 Å². The molecule has 0 aliphatic rings. The van der Waals surface area contributed by atoms with Gasteiger partial charge in [-0.2, -0.15) is 13.4 Å². The third kappa shape index (κ3) is 8.05. The summed E-state index contributed by atoms with van der Waals surface area (Å²) in [5.74, 6) is -1.33. The first-order chi connectivity index (χ1) is 19.3. The van der Waals surface area contributed by atoms with Crippen LogP contribution in [0.5, 0.6) is 0 Å². The van der Waals surface area contributed by atoms with Crippen molar-refractivity contribution in [3.05, 3.63) is 64.2 Å². The molecule has 41 heavy (non-hydrogen) atoms. The zero-order chi connectivity index (χ0) is 31.0. The summed E-state index contributed by atoms with van der Waals surface area (Å²) in [5.41, 5.74) is 11.2. The summed E-state index contributed by atoms with van der Waals surface area (Å²) in [5, 5.41) is 0. The van der Waals surface area contributed by atoms with E-state index in [9.17, 15) is 32.0 Å². The lowest BCUT2D eigenvalue weighted by molar-refractivity contribution is -0.124. The smallest absolute Gasteiger partial charge is 0.360 e. The number of carbonyl (C=O) groups is 2. The number of rotatable bonds is 16. The molecule has 0 aromatic heterocycles. The minimum atomic E-state index is -3.69. The summed E-state index contributed by atoms with van der Waals surface area (Å²) in [6, 6.07) is 9.88. The molecular formula is C29H40N4O6S2. The fourth-order valence-corrected chi connectivity index (χ4v) is 8.05. The Hall–Kier alpha value is -3.02. The van der Waals surface area contributed by atoms with E-state index in [-0.39, 0.29) is 35.5 Å². The number of aryl methyl sites for hydroxylation is 4. The number of Topliss-reactive ketones (excluding diaryl/α,β-unsaturated/α-hetero) is 2. The molecule has 0 amide bonds. The predicted octanol–water partition coefficient (Wildman–Crippen LogP) is 3.74. The van der Waals surface area contributed by atoms with E-state index in [1.54, 1.807) is 65.8 Å². The Bertz CT molecular complexity index is 1430. The largest absolute Gasteiger partial charge is 0.400 e. The minimum Gasteiger partial charge on any atom is -0.360 e. The first-order valence-electron chi connectivity index (χ1n) is 13.8. The highest BCUT2D eigenvalue weighted by Crippen LogP contribution is 2.23. The molecule has 10 nitrogen and oxygen atoms in total. The van der Waals surface area contributed by atoms with E-state index in [1.807, 2.05) is 0 Å². The van der Waals surface area contributed by atoms with E-state index in [1.165, 1.54) is 20.7 Å². The maximum Gasteiger partial charge on any atom is 0.400 e. The summed E-state index contributed by atoms with van der Waals surface area (Å²) >= 11 is 0. The quantitative estimate of drug-likeness (QED) is 0.124. The van der Waals surface area contributed by atoms with Crippen molar-refractivity contribution in [2.45, 2.75) is 77.0 Å². The van der Waals surface area contributed by atoms with Crippen molar-refractivity contribution in [3.63, 3.8) is 0 Å². The molecule has 2 rings (SSSR count). The van der Waals surface area contributed by atoms with E-state index in [4.69, 9.17) is 0 Å². The van der Waals surface area contributed by atoms with Crippen molar-refractivity contribution >= 4 is 37.3 Å². The van der Waals surface area contributed by atoms with Crippen LogP contribution in [-0.2, 0) is 42.5 Å². The van der Waals surface area contributed by atoms with Crippen LogP contribution in [0, 0.1) is 13.8 Å². The molecule has 0 spiro atoms. The van der Waals surface area contributed by atoms with Gasteiger partial charge in [-0.05, 0) is 61.1 Å². The Morgan fingerprint density at radius 3 is 1.32 bits per heavy atom. The summed E-state index contributed by atoms with van der Waals surface area (Å²) in [4.78, 5) is 28.9. The van der Waals surface area contributed by atoms with Gasteiger partial charge in [0, 0.05) is 39.0 Å². The van der Waals surface area contributed by atoms with E-state index >= 15 is 0 Å². The summed E-state index contributed by atoms with van der Waals surface area (Å²) < 4.78 is 54.8. The summed E-state index contributed by atoms with van der Waals surface area (Å²) in [6.07, 6.45) is -0.0149. The van der Waals surface area contributed by atoms with Crippen LogP contribution < -0.4 is 0 Å². The maximum atomic E-state index is 13.0. The molecule has 2 aromatic carbocycles. The van der Waals surface area contributed by atoms with Crippen molar-refractivity contribution in [1.82, 2.24) is 8.61 Å². The summed E-state index contributed by atoms with van der Waals surface area (Å²) in [6.45, 7) is 11.8. The number of hydrogen-bond acceptors (Lipinski definition) is 6. The third-order valence-electron chi connectivity index (χ3n) is 7.06. The number of nitrogens with zero attached hydrogens (tertiary/aromatic N) is 4. The molecule has 0 N–H and O–H groups in total. The first-order valence-corrected chi connectivity index (χ1v) is 16.6. The second-order valence-corrected chi connectivity index (χ2v) is 13.5. The highest BCUT2D eigenvalue weighted by molar-refractivity contribution is 7.89. The van der Waals surface area contributed by atoms with Crippen molar-refractivity contribution in [3.8, 4) is 0 Å². The Morgan fingerprint density at radius 1 is 0.683 bits per heavy atom. The van der Waals surface area contributed by atoms with Gasteiger partial charge < -0.3 is 5.53 Å². The van der Waals surface area contributed by atoms with Crippen LogP contribution in [0.15, 0.2) is 46.2 Å². The van der Waals surface area contributed by atoms with Gasteiger partial charge in [0.05, 0.1) is 9.79 Å². The highest BCUT2D eigenvalue weighted by atomic mass is 32.2. The Labute approximate surface area is 244 Å². The molecule has 0 saturated carbocycles. The molecule has 0 heterocycles. The molecule has 2 aromatic rings. The number of carbonyl (C=O) groups excluding carboxylic acids is 2. The topological polar surface area (TPSA) is 145 Å². The van der Waals surface area contributed by atoms with Crippen molar-refractivity contribution < 1.29 is 31.2 Å². The van der Waals surface area contributed by atoms with E-state index in [0.29, 0.717) is 48.4 Å². The lowest BCUT2D eigenvalue weighted by Gasteiger charge is -2.20. The van der Waals surface area contributed by atoms with Crippen LogP contribution in [0.3, 0.4) is 0 Å². The van der Waals surface area contributed by atoms with Crippen LogP contribution in [0.25, 0.3) is 5.53 Å². The highest BCUT2D eigenvalue weighted by Gasteiger charge is 2.29. The average Bonchev–Trinajstić information content (AvgIpc) is 2.93. The lowest BCUT2D eigenvalue weighted by atomic mass is 9.99. The molecule has 0 aliphatic heterocycles. The van der Waals surface area contributed by atoms with Gasteiger partial charge in [-0.1, -0.05) is 52.0 Å². The van der Waals surface area contributed by atoms with Gasteiger partial charge in [-0.15, -0.1) is 0 Å². The van der Waals surface area contributed by atoms with Crippen molar-refractivity contribution in [1.29, 1.82) is 0 Å². The number of benzene rings is 2. The number of ketones is 2. The second kappa shape index (κ2) is 14.7. The predicted molar refractivity (Wildman–Crippen MR) is 158 cm³/mol. The van der Waals surface area contributed by atoms with Gasteiger partial charge in [0.2, 0.25) is 31.6 Å². The van der Waals surface area contributed by atoms with Gasteiger partial charge >= 0.3 is 5.71 Å². The monoisotopic (exact) mass is 604 g/mol. The van der Waals surface area contributed by atoms with Crippen LogP contribution in [0.4, 0.5) is 0 Å². The minimum absolute atomic E-state index is 0.150. The fourth-order valence-electron chi connectivity index (χ4n) is 4.58. The molecular weight excluding hydrogens is 564 g/mol. The molecule has 12 heteroatoms. The van der Waals surface area contributed by atoms with Crippen molar-refractivity contribution in [2.24, 2.45) is 0 Å². The fraction of sp³-hybridized carbons (Fsp3) is 0.483. The number of hydrogen-bond donors (Lipinski definition) is 0. The van der Waals surface area contributed by atoms with Gasteiger partial charge in [0.25, 0.3) is 0 Å². The van der Waals surface area contributed by atoms with Crippen LogP contribution in [0.2, 0.25) is 0 Å². The molecule has 224 valence electrons. The van der Waals surface area contributed by atoms with Gasteiger partial charge in [0.1, 0.15) is 0 Å². The zero-order valence-electron chi connectivity index (χ0n) is 24.7. The second-order valence-electron chi connectivity index (χ2n) is 9.67.